The highest BCUT2D eigenvalue weighted by Gasteiger charge is 2.39. The molecule has 0 spiro atoms. The summed E-state index contributed by atoms with van der Waals surface area (Å²) >= 11 is 0. The van der Waals surface area contributed by atoms with E-state index in [2.05, 4.69) is 6.07 Å². The molecule has 1 N–H and O–H groups in total. The zero-order chi connectivity index (χ0) is 15.9. The molecule has 0 saturated heterocycles. The molecule has 1 aromatic carbocycles. The van der Waals surface area contributed by atoms with Gasteiger partial charge in [-0.25, -0.2) is 0 Å². The molecule has 5 nitrogen and oxygen atoms in total. The lowest BCUT2D eigenvalue weighted by molar-refractivity contribution is -0.143. The Morgan fingerprint density at radius 3 is 2.68 bits per heavy atom. The number of fused-ring (bicyclic) bond motifs is 1. The third-order valence-corrected chi connectivity index (χ3v) is 4.66. The van der Waals surface area contributed by atoms with Crippen molar-refractivity contribution >= 4 is 17.6 Å². The van der Waals surface area contributed by atoms with Crippen LogP contribution in [0.25, 0.3) is 0 Å². The van der Waals surface area contributed by atoms with Gasteiger partial charge in [0.15, 0.2) is 0 Å². The van der Waals surface area contributed by atoms with E-state index in [0.717, 1.165) is 24.9 Å². The molecule has 1 saturated carbocycles. The van der Waals surface area contributed by atoms with Gasteiger partial charge in [0.05, 0.1) is 6.54 Å². The van der Waals surface area contributed by atoms with Crippen LogP contribution in [0, 0.1) is 0 Å². The van der Waals surface area contributed by atoms with Crippen molar-refractivity contribution in [3.8, 4) is 0 Å². The molecule has 3 rings (SSSR count). The maximum absolute atomic E-state index is 12.8. The minimum Gasteiger partial charge on any atom is -0.480 e. The van der Waals surface area contributed by atoms with Crippen molar-refractivity contribution < 1.29 is 14.7 Å². The largest absolute Gasteiger partial charge is 0.480 e. The van der Waals surface area contributed by atoms with Crippen molar-refractivity contribution in [1.82, 2.24) is 4.90 Å². The SMILES string of the molecule is CC1Cc2ccccc2N1C(=O)CN(C1CC1)C(C)C(=O)O. The number of aliphatic carboxylic acids is 1. The molecule has 2 aliphatic rings. The fraction of sp³-hybridized carbons (Fsp3) is 0.529. The van der Waals surface area contributed by atoms with Gasteiger partial charge in [-0.15, -0.1) is 0 Å². The Hall–Kier alpha value is -1.88. The zero-order valence-electron chi connectivity index (χ0n) is 13.0. The number of benzene rings is 1. The van der Waals surface area contributed by atoms with Crippen molar-refractivity contribution in [2.45, 2.75) is 51.2 Å². The van der Waals surface area contributed by atoms with Gasteiger partial charge in [-0.05, 0) is 44.7 Å². The van der Waals surface area contributed by atoms with E-state index in [-0.39, 0.29) is 24.5 Å². The Kier molecular flexibility index (Phi) is 3.91. The number of nitrogens with zero attached hydrogens (tertiary/aromatic N) is 2. The van der Waals surface area contributed by atoms with E-state index in [1.54, 1.807) is 6.92 Å². The Morgan fingerprint density at radius 2 is 2.05 bits per heavy atom. The second-order valence-electron chi connectivity index (χ2n) is 6.36. The van der Waals surface area contributed by atoms with E-state index in [1.165, 1.54) is 5.56 Å². The normalized spacial score (nSPS) is 21.8. The first-order valence-electron chi connectivity index (χ1n) is 7.87. The van der Waals surface area contributed by atoms with Crippen LogP contribution in [0.1, 0.15) is 32.3 Å². The number of carboxylic acid groups (broad SMARTS) is 1. The standard InChI is InChI=1S/C17H22N2O3/c1-11-9-13-5-3-4-6-15(13)19(11)16(20)10-18(14-7-8-14)12(2)17(21)22/h3-6,11-12,14H,7-10H2,1-2H3,(H,21,22). The molecule has 1 aliphatic carbocycles. The van der Waals surface area contributed by atoms with Crippen molar-refractivity contribution in [1.29, 1.82) is 0 Å². The first-order chi connectivity index (χ1) is 10.5. The highest BCUT2D eigenvalue weighted by atomic mass is 16.4. The Labute approximate surface area is 130 Å². The number of carbonyl (C=O) groups excluding carboxylic acids is 1. The van der Waals surface area contributed by atoms with Crippen LogP contribution in [0.5, 0.6) is 0 Å². The maximum atomic E-state index is 12.8. The number of anilines is 1. The van der Waals surface area contributed by atoms with E-state index in [4.69, 9.17) is 0 Å². The molecule has 1 heterocycles. The van der Waals surface area contributed by atoms with Crippen LogP contribution in [-0.4, -0.2) is 46.6 Å². The van der Waals surface area contributed by atoms with E-state index < -0.39 is 12.0 Å². The molecule has 5 heteroatoms. The lowest BCUT2D eigenvalue weighted by Crippen LogP contribution is -2.48. The topological polar surface area (TPSA) is 60.9 Å². The van der Waals surface area contributed by atoms with Gasteiger partial charge < -0.3 is 10.0 Å². The molecular formula is C17H22N2O3. The summed E-state index contributed by atoms with van der Waals surface area (Å²) in [5.74, 6) is -0.868. The minimum atomic E-state index is -0.866. The van der Waals surface area contributed by atoms with Gasteiger partial charge in [-0.1, -0.05) is 18.2 Å². The summed E-state index contributed by atoms with van der Waals surface area (Å²) in [5, 5.41) is 9.25. The van der Waals surface area contributed by atoms with E-state index in [9.17, 15) is 14.7 Å². The Bertz CT molecular complexity index is 597. The highest BCUT2D eigenvalue weighted by Crippen LogP contribution is 2.33. The second kappa shape index (κ2) is 5.72. The van der Waals surface area contributed by atoms with Crippen molar-refractivity contribution in [2.75, 3.05) is 11.4 Å². The molecule has 22 heavy (non-hydrogen) atoms. The fourth-order valence-corrected chi connectivity index (χ4v) is 3.31. The molecule has 1 aliphatic heterocycles. The predicted molar refractivity (Wildman–Crippen MR) is 83.9 cm³/mol. The summed E-state index contributed by atoms with van der Waals surface area (Å²) in [6.07, 6.45) is 2.83. The summed E-state index contributed by atoms with van der Waals surface area (Å²) in [6.45, 7) is 3.88. The molecule has 118 valence electrons. The lowest BCUT2D eigenvalue weighted by atomic mass is 10.1. The lowest BCUT2D eigenvalue weighted by Gasteiger charge is -2.30. The van der Waals surface area contributed by atoms with Crippen LogP contribution in [0.3, 0.4) is 0 Å². The van der Waals surface area contributed by atoms with E-state index in [1.807, 2.05) is 34.9 Å². The molecule has 0 radical (unpaired) electrons. The van der Waals surface area contributed by atoms with Crippen LogP contribution in [0.15, 0.2) is 24.3 Å². The van der Waals surface area contributed by atoms with Crippen molar-refractivity contribution in [3.63, 3.8) is 0 Å². The number of hydrogen-bond donors (Lipinski definition) is 1. The molecule has 0 aromatic heterocycles. The van der Waals surface area contributed by atoms with Gasteiger partial charge >= 0.3 is 5.97 Å². The molecule has 2 atom stereocenters. The molecular weight excluding hydrogens is 280 g/mol. The van der Waals surface area contributed by atoms with Gasteiger partial charge in [-0.2, -0.15) is 0 Å². The molecule has 2 unspecified atom stereocenters. The van der Waals surface area contributed by atoms with Gasteiger partial charge in [-0.3, -0.25) is 14.5 Å². The quantitative estimate of drug-likeness (QED) is 0.902. The fourth-order valence-electron chi connectivity index (χ4n) is 3.31. The van der Waals surface area contributed by atoms with Crippen LogP contribution in [0.2, 0.25) is 0 Å². The Balaban J connectivity index is 1.77. The van der Waals surface area contributed by atoms with E-state index >= 15 is 0 Å². The summed E-state index contributed by atoms with van der Waals surface area (Å²) in [6, 6.07) is 7.70. The number of hydrogen-bond acceptors (Lipinski definition) is 3. The second-order valence-corrected chi connectivity index (χ2v) is 6.36. The molecule has 1 amide bonds. The first kappa shape index (κ1) is 15.0. The van der Waals surface area contributed by atoms with Crippen LogP contribution in [0.4, 0.5) is 5.69 Å². The monoisotopic (exact) mass is 302 g/mol. The Morgan fingerprint density at radius 1 is 1.36 bits per heavy atom. The highest BCUT2D eigenvalue weighted by molar-refractivity contribution is 5.97. The summed E-state index contributed by atoms with van der Waals surface area (Å²) in [7, 11) is 0. The minimum absolute atomic E-state index is 0.00236. The smallest absolute Gasteiger partial charge is 0.320 e. The van der Waals surface area contributed by atoms with Crippen LogP contribution >= 0.6 is 0 Å². The number of amides is 1. The van der Waals surface area contributed by atoms with Crippen molar-refractivity contribution in [2.24, 2.45) is 0 Å². The number of carbonyl (C=O) groups is 2. The van der Waals surface area contributed by atoms with Gasteiger partial charge in [0.2, 0.25) is 5.91 Å². The molecule has 1 aromatic rings. The van der Waals surface area contributed by atoms with Crippen LogP contribution in [-0.2, 0) is 16.0 Å². The third-order valence-electron chi connectivity index (χ3n) is 4.66. The summed E-state index contributed by atoms with van der Waals surface area (Å²) < 4.78 is 0. The molecule has 1 fully saturated rings. The average Bonchev–Trinajstić information content (AvgIpc) is 3.25. The number of rotatable bonds is 5. The van der Waals surface area contributed by atoms with E-state index in [0.29, 0.717) is 0 Å². The van der Waals surface area contributed by atoms with Crippen LogP contribution < -0.4 is 4.90 Å². The zero-order valence-corrected chi connectivity index (χ0v) is 13.0. The predicted octanol–water partition coefficient (Wildman–Crippen LogP) is 1.90. The van der Waals surface area contributed by atoms with Gasteiger partial charge in [0.25, 0.3) is 0 Å². The third kappa shape index (κ3) is 2.73. The number of carboxylic acids is 1. The summed E-state index contributed by atoms with van der Waals surface area (Å²) in [5.41, 5.74) is 2.16. The van der Waals surface area contributed by atoms with Gasteiger partial charge in [0.1, 0.15) is 6.04 Å². The molecule has 0 bridgehead atoms. The maximum Gasteiger partial charge on any atom is 0.320 e. The first-order valence-corrected chi connectivity index (χ1v) is 7.87. The average molecular weight is 302 g/mol. The van der Waals surface area contributed by atoms with Gasteiger partial charge in [0, 0.05) is 17.8 Å². The number of para-hydroxylation sites is 1. The summed E-state index contributed by atoms with van der Waals surface area (Å²) in [4.78, 5) is 27.7. The van der Waals surface area contributed by atoms with Crippen molar-refractivity contribution in [3.05, 3.63) is 29.8 Å².